The van der Waals surface area contributed by atoms with Crippen LogP contribution in [0.2, 0.25) is 0 Å². The van der Waals surface area contributed by atoms with Crippen LogP contribution >= 0.6 is 0 Å². The minimum absolute atomic E-state index is 0.0814. The van der Waals surface area contributed by atoms with Crippen molar-refractivity contribution < 1.29 is 4.79 Å². The molecule has 7 nitrogen and oxygen atoms in total. The maximum Gasteiger partial charge on any atom is 0.264 e. The quantitative estimate of drug-likeness (QED) is 0.759. The van der Waals surface area contributed by atoms with Crippen molar-refractivity contribution >= 4 is 5.91 Å². The van der Waals surface area contributed by atoms with E-state index in [0.717, 1.165) is 18.4 Å². The van der Waals surface area contributed by atoms with E-state index < -0.39 is 5.91 Å². The van der Waals surface area contributed by atoms with Crippen LogP contribution < -0.4 is 10.9 Å². The molecule has 1 amide bonds. The first kappa shape index (κ1) is 12.6. The molecule has 20 heavy (non-hydrogen) atoms. The molecule has 3 rings (SSSR count). The van der Waals surface area contributed by atoms with Gasteiger partial charge in [0.15, 0.2) is 0 Å². The number of aromatic amines is 2. The van der Waals surface area contributed by atoms with Gasteiger partial charge in [-0.3, -0.25) is 14.7 Å². The molecule has 2 heterocycles. The van der Waals surface area contributed by atoms with Gasteiger partial charge < -0.3 is 10.3 Å². The molecule has 0 saturated heterocycles. The molecule has 0 bridgehead atoms. The number of hydrogen-bond donors (Lipinski definition) is 3. The monoisotopic (exact) mass is 273 g/mol. The van der Waals surface area contributed by atoms with Gasteiger partial charge in [0.05, 0.1) is 11.9 Å². The summed E-state index contributed by atoms with van der Waals surface area (Å²) in [6, 6.07) is 0. The number of H-pyrrole nitrogens is 2. The molecule has 3 N–H and O–H groups in total. The van der Waals surface area contributed by atoms with E-state index >= 15 is 0 Å². The van der Waals surface area contributed by atoms with Crippen molar-refractivity contribution in [1.82, 2.24) is 25.5 Å². The first-order valence-electron chi connectivity index (χ1n) is 6.52. The summed E-state index contributed by atoms with van der Waals surface area (Å²) in [6.07, 6.45) is 5.40. The lowest BCUT2D eigenvalue weighted by Gasteiger charge is -2.07. The second-order valence-electron chi connectivity index (χ2n) is 4.98. The van der Waals surface area contributed by atoms with E-state index in [1.807, 2.05) is 0 Å². The van der Waals surface area contributed by atoms with E-state index in [9.17, 15) is 9.59 Å². The van der Waals surface area contributed by atoms with Gasteiger partial charge >= 0.3 is 0 Å². The van der Waals surface area contributed by atoms with Crippen molar-refractivity contribution in [2.75, 3.05) is 0 Å². The standard InChI is InChI=1S/C13H15N5O2/c1-7-10(12(19)14-4-8-5-15-16-6-8)13(20)18-11(17-7)9-2-3-9/h5-6,9H,2-4H2,1H3,(H,14,19)(H,15,16)(H,17,18,20). The molecule has 0 aromatic carbocycles. The fraction of sp³-hybridized carbons (Fsp3) is 0.385. The first-order valence-corrected chi connectivity index (χ1v) is 6.52. The van der Waals surface area contributed by atoms with Crippen molar-refractivity contribution in [1.29, 1.82) is 0 Å². The number of nitrogens with one attached hydrogen (secondary N) is 3. The molecule has 1 saturated carbocycles. The Morgan fingerprint density at radius 2 is 2.30 bits per heavy atom. The summed E-state index contributed by atoms with van der Waals surface area (Å²) >= 11 is 0. The molecule has 104 valence electrons. The summed E-state index contributed by atoms with van der Waals surface area (Å²) in [5, 5.41) is 9.14. The fourth-order valence-corrected chi connectivity index (χ4v) is 2.07. The highest BCUT2D eigenvalue weighted by molar-refractivity contribution is 5.94. The van der Waals surface area contributed by atoms with Gasteiger partial charge in [0.2, 0.25) is 0 Å². The van der Waals surface area contributed by atoms with Crippen LogP contribution in [0.1, 0.15) is 46.2 Å². The lowest BCUT2D eigenvalue weighted by molar-refractivity contribution is 0.0948. The van der Waals surface area contributed by atoms with Crippen LogP contribution in [0.15, 0.2) is 17.2 Å². The minimum atomic E-state index is -0.417. The van der Waals surface area contributed by atoms with Crippen LogP contribution in [-0.2, 0) is 6.54 Å². The summed E-state index contributed by atoms with van der Waals surface area (Å²) in [6.45, 7) is 2.01. The Kier molecular flexibility index (Phi) is 3.09. The molecule has 0 unspecified atom stereocenters. The summed E-state index contributed by atoms with van der Waals surface area (Å²) in [5.41, 5.74) is 1.03. The predicted octanol–water partition coefficient (Wildman–Crippen LogP) is 0.609. The third kappa shape index (κ3) is 2.47. The van der Waals surface area contributed by atoms with Gasteiger partial charge in [-0.15, -0.1) is 0 Å². The van der Waals surface area contributed by atoms with Crippen molar-refractivity contribution in [3.8, 4) is 0 Å². The fourth-order valence-electron chi connectivity index (χ4n) is 2.07. The average Bonchev–Trinajstić information content (AvgIpc) is 3.13. The number of aromatic nitrogens is 4. The third-order valence-corrected chi connectivity index (χ3v) is 3.32. The summed E-state index contributed by atoms with van der Waals surface area (Å²) < 4.78 is 0. The van der Waals surface area contributed by atoms with Crippen molar-refractivity contribution in [2.45, 2.75) is 32.2 Å². The predicted molar refractivity (Wildman–Crippen MR) is 71.3 cm³/mol. The number of rotatable bonds is 4. The highest BCUT2D eigenvalue weighted by Gasteiger charge is 2.27. The summed E-state index contributed by atoms with van der Waals surface area (Å²) in [7, 11) is 0. The molecule has 0 radical (unpaired) electrons. The van der Waals surface area contributed by atoms with E-state index in [-0.39, 0.29) is 11.1 Å². The Labute approximate surface area is 114 Å². The van der Waals surface area contributed by atoms with Gasteiger partial charge in [-0.25, -0.2) is 4.98 Å². The second kappa shape index (κ2) is 4.92. The molecule has 0 aliphatic heterocycles. The van der Waals surface area contributed by atoms with Gasteiger partial charge in [0, 0.05) is 24.2 Å². The molecule has 2 aromatic heterocycles. The summed E-state index contributed by atoms with van der Waals surface area (Å²) in [5.74, 6) is 0.628. The average molecular weight is 273 g/mol. The van der Waals surface area contributed by atoms with Crippen LogP contribution in [0.25, 0.3) is 0 Å². The number of nitrogens with zero attached hydrogens (tertiary/aromatic N) is 2. The van der Waals surface area contributed by atoms with E-state index in [1.54, 1.807) is 19.3 Å². The zero-order valence-corrected chi connectivity index (χ0v) is 11.1. The van der Waals surface area contributed by atoms with Crippen LogP contribution in [0.5, 0.6) is 0 Å². The van der Waals surface area contributed by atoms with Crippen LogP contribution in [-0.4, -0.2) is 26.1 Å². The topological polar surface area (TPSA) is 104 Å². The molecule has 0 atom stereocenters. The maximum absolute atomic E-state index is 12.1. The lowest BCUT2D eigenvalue weighted by Crippen LogP contribution is -2.31. The Balaban J connectivity index is 1.78. The van der Waals surface area contributed by atoms with Crippen molar-refractivity contribution in [3.63, 3.8) is 0 Å². The van der Waals surface area contributed by atoms with E-state index in [4.69, 9.17) is 0 Å². The molecule has 1 aliphatic rings. The maximum atomic E-state index is 12.1. The third-order valence-electron chi connectivity index (χ3n) is 3.32. The van der Waals surface area contributed by atoms with Gasteiger partial charge in [-0.1, -0.05) is 0 Å². The first-order chi connectivity index (χ1) is 9.65. The SMILES string of the molecule is Cc1nc(C2CC2)[nH]c(=O)c1C(=O)NCc1cn[nH]c1. The number of hydrogen-bond acceptors (Lipinski definition) is 4. The zero-order valence-electron chi connectivity index (χ0n) is 11.1. The van der Waals surface area contributed by atoms with Crippen LogP contribution in [0.3, 0.4) is 0 Å². The summed E-state index contributed by atoms with van der Waals surface area (Å²) in [4.78, 5) is 31.1. The Bertz CT molecular complexity index is 685. The Morgan fingerprint density at radius 3 is 2.90 bits per heavy atom. The highest BCUT2D eigenvalue weighted by Crippen LogP contribution is 2.37. The second-order valence-corrected chi connectivity index (χ2v) is 4.98. The van der Waals surface area contributed by atoms with E-state index in [1.165, 1.54) is 0 Å². The largest absolute Gasteiger partial charge is 0.348 e. The highest BCUT2D eigenvalue weighted by atomic mass is 16.2. The number of carbonyl (C=O) groups is 1. The molecule has 7 heteroatoms. The molecule has 0 spiro atoms. The van der Waals surface area contributed by atoms with Gasteiger partial charge in [-0.05, 0) is 19.8 Å². The van der Waals surface area contributed by atoms with Crippen molar-refractivity contribution in [2.24, 2.45) is 0 Å². The molecule has 2 aromatic rings. The van der Waals surface area contributed by atoms with Crippen molar-refractivity contribution in [3.05, 3.63) is 45.4 Å². The van der Waals surface area contributed by atoms with Gasteiger partial charge in [-0.2, -0.15) is 5.10 Å². The zero-order chi connectivity index (χ0) is 14.1. The molecule has 1 fully saturated rings. The Morgan fingerprint density at radius 1 is 1.50 bits per heavy atom. The number of carbonyl (C=O) groups excluding carboxylic acids is 1. The van der Waals surface area contributed by atoms with Gasteiger partial charge in [0.1, 0.15) is 11.4 Å². The molecular weight excluding hydrogens is 258 g/mol. The number of amides is 1. The van der Waals surface area contributed by atoms with Crippen LogP contribution in [0, 0.1) is 6.92 Å². The van der Waals surface area contributed by atoms with Crippen LogP contribution in [0.4, 0.5) is 0 Å². The van der Waals surface area contributed by atoms with E-state index in [2.05, 4.69) is 25.5 Å². The lowest BCUT2D eigenvalue weighted by atomic mass is 10.2. The smallest absolute Gasteiger partial charge is 0.264 e. The van der Waals surface area contributed by atoms with Gasteiger partial charge in [0.25, 0.3) is 11.5 Å². The minimum Gasteiger partial charge on any atom is -0.348 e. The molecular formula is C13H15N5O2. The number of aryl methyl sites for hydroxylation is 1. The Hall–Kier alpha value is -2.44. The normalized spacial score (nSPS) is 14.2. The molecule has 1 aliphatic carbocycles. The van der Waals surface area contributed by atoms with E-state index in [0.29, 0.717) is 24.0 Å².